The minimum Gasteiger partial charge on any atom is -0.484 e. The first kappa shape index (κ1) is 20.6. The van der Waals surface area contributed by atoms with E-state index >= 15 is 0 Å². The van der Waals surface area contributed by atoms with E-state index in [-0.39, 0.29) is 23.7 Å². The largest absolute Gasteiger partial charge is 0.484 e. The highest BCUT2D eigenvalue weighted by molar-refractivity contribution is 5.84. The third-order valence-corrected chi connectivity index (χ3v) is 3.84. The van der Waals surface area contributed by atoms with Crippen LogP contribution in [0, 0.1) is 24.0 Å². The molecule has 0 fully saturated rings. The molecule has 28 heavy (non-hydrogen) atoms. The number of nitrogens with zero attached hydrogens (tertiary/aromatic N) is 4. The van der Waals surface area contributed by atoms with Crippen LogP contribution in [0.5, 0.6) is 5.75 Å². The van der Waals surface area contributed by atoms with E-state index in [9.17, 15) is 19.7 Å². The summed E-state index contributed by atoms with van der Waals surface area (Å²) in [7, 11) is 0. The number of benzene rings is 1. The van der Waals surface area contributed by atoms with Crippen molar-refractivity contribution >= 4 is 23.7 Å². The van der Waals surface area contributed by atoms with E-state index in [1.807, 2.05) is 0 Å². The number of hydrazone groups is 1. The second-order valence-electron chi connectivity index (χ2n) is 5.96. The van der Waals surface area contributed by atoms with Gasteiger partial charge in [-0.25, -0.2) is 5.43 Å². The van der Waals surface area contributed by atoms with Gasteiger partial charge in [-0.1, -0.05) is 12.1 Å². The van der Waals surface area contributed by atoms with Gasteiger partial charge in [0, 0.05) is 0 Å². The van der Waals surface area contributed by atoms with Crippen LogP contribution in [0.25, 0.3) is 0 Å². The first-order valence-electron chi connectivity index (χ1n) is 8.25. The van der Waals surface area contributed by atoms with Gasteiger partial charge in [-0.05, 0) is 38.5 Å². The van der Waals surface area contributed by atoms with Gasteiger partial charge in [0.05, 0.1) is 11.1 Å². The van der Waals surface area contributed by atoms with Crippen molar-refractivity contribution in [2.45, 2.75) is 26.8 Å². The zero-order chi connectivity index (χ0) is 20.8. The maximum Gasteiger partial charge on any atom is 0.312 e. The molecule has 2 amide bonds. The Kier molecular flexibility index (Phi) is 6.42. The number of amides is 2. The van der Waals surface area contributed by atoms with Crippen LogP contribution < -0.4 is 15.9 Å². The van der Waals surface area contributed by atoms with E-state index in [1.165, 1.54) is 24.7 Å². The highest BCUT2D eigenvalue weighted by atomic mass is 16.6. The Hall–Kier alpha value is -3.76. The number of carbonyl (C=O) groups is 2. The van der Waals surface area contributed by atoms with E-state index in [2.05, 4.69) is 15.6 Å². The highest BCUT2D eigenvalue weighted by Gasteiger charge is 2.26. The molecule has 148 valence electrons. The number of nitro groups is 1. The van der Waals surface area contributed by atoms with Gasteiger partial charge < -0.3 is 10.5 Å². The summed E-state index contributed by atoms with van der Waals surface area (Å²) in [5.41, 5.74) is 8.42. The molecule has 11 heteroatoms. The maximum absolute atomic E-state index is 12.3. The molecule has 1 aromatic carbocycles. The Bertz CT molecular complexity index is 936. The second kappa shape index (κ2) is 8.75. The molecule has 0 aliphatic rings. The van der Waals surface area contributed by atoms with Gasteiger partial charge in [-0.15, -0.1) is 0 Å². The predicted molar refractivity (Wildman–Crippen MR) is 99.9 cm³/mol. The third kappa shape index (κ3) is 4.90. The van der Waals surface area contributed by atoms with Gasteiger partial charge in [-0.2, -0.15) is 10.2 Å². The normalized spacial score (nSPS) is 12.0. The lowest BCUT2D eigenvalue weighted by atomic mass is 10.2. The van der Waals surface area contributed by atoms with Crippen LogP contribution in [0.1, 0.15) is 29.9 Å². The molecule has 1 unspecified atom stereocenters. The zero-order valence-electron chi connectivity index (χ0n) is 15.6. The van der Waals surface area contributed by atoms with Crippen molar-refractivity contribution in [2.24, 2.45) is 10.8 Å². The quantitative estimate of drug-likeness (QED) is 0.390. The predicted octanol–water partition coefficient (Wildman–Crippen LogP) is 0.984. The number of aromatic nitrogens is 2. The fourth-order valence-corrected chi connectivity index (χ4v) is 2.51. The molecule has 0 radical (unpaired) electrons. The number of aryl methyl sites for hydroxylation is 1. The van der Waals surface area contributed by atoms with E-state index in [1.54, 1.807) is 31.2 Å². The Morgan fingerprint density at radius 3 is 2.79 bits per heavy atom. The van der Waals surface area contributed by atoms with Crippen LogP contribution in [0.3, 0.4) is 0 Å². The van der Waals surface area contributed by atoms with E-state index < -0.39 is 22.8 Å². The minimum absolute atomic E-state index is 0.115. The summed E-state index contributed by atoms with van der Waals surface area (Å²) >= 11 is 0. The van der Waals surface area contributed by atoms with Gasteiger partial charge in [0.1, 0.15) is 23.2 Å². The van der Waals surface area contributed by atoms with E-state index in [0.29, 0.717) is 11.3 Å². The molecule has 0 saturated carbocycles. The average molecular weight is 388 g/mol. The maximum atomic E-state index is 12.3. The van der Waals surface area contributed by atoms with Crippen LogP contribution in [-0.2, 0) is 9.59 Å². The Morgan fingerprint density at radius 2 is 2.18 bits per heavy atom. The Morgan fingerprint density at radius 1 is 1.46 bits per heavy atom. The first-order chi connectivity index (χ1) is 13.2. The van der Waals surface area contributed by atoms with Crippen molar-refractivity contribution < 1.29 is 19.2 Å². The van der Waals surface area contributed by atoms with Crippen LogP contribution >= 0.6 is 0 Å². The average Bonchev–Trinajstić information content (AvgIpc) is 2.94. The molecule has 3 N–H and O–H groups in total. The second-order valence-corrected chi connectivity index (χ2v) is 5.96. The van der Waals surface area contributed by atoms with Crippen molar-refractivity contribution in [1.29, 1.82) is 0 Å². The molecule has 2 aromatic rings. The summed E-state index contributed by atoms with van der Waals surface area (Å²) in [6.45, 7) is 4.36. The molecular weight excluding hydrogens is 368 g/mol. The number of hydrogen-bond acceptors (Lipinski definition) is 7. The van der Waals surface area contributed by atoms with Gasteiger partial charge in [0.25, 0.3) is 11.8 Å². The number of primary amides is 1. The molecule has 1 aromatic heterocycles. The topological polar surface area (TPSA) is 155 Å². The van der Waals surface area contributed by atoms with Crippen molar-refractivity contribution in [3.05, 3.63) is 51.3 Å². The van der Waals surface area contributed by atoms with Crippen molar-refractivity contribution in [2.75, 3.05) is 6.61 Å². The highest BCUT2D eigenvalue weighted by Crippen LogP contribution is 2.24. The number of ether oxygens (including phenoxy) is 1. The SMILES string of the molecule is Cc1nn(C(C)C(=O)N/N=C/c2cccc(OCC(N)=O)c2)c(C)c1[N+](=O)[O-]. The van der Waals surface area contributed by atoms with Gasteiger partial charge in [0.15, 0.2) is 6.61 Å². The summed E-state index contributed by atoms with van der Waals surface area (Å²) in [5.74, 6) is -0.653. The van der Waals surface area contributed by atoms with Gasteiger partial charge in [-0.3, -0.25) is 24.4 Å². The molecule has 2 rings (SSSR count). The van der Waals surface area contributed by atoms with E-state index in [0.717, 1.165) is 0 Å². The van der Waals surface area contributed by atoms with Crippen LogP contribution in [0.2, 0.25) is 0 Å². The molecule has 11 nitrogen and oxygen atoms in total. The van der Waals surface area contributed by atoms with E-state index in [4.69, 9.17) is 10.5 Å². The summed E-state index contributed by atoms with van der Waals surface area (Å²) < 4.78 is 6.48. The lowest BCUT2D eigenvalue weighted by Gasteiger charge is -2.11. The molecule has 0 bridgehead atoms. The fraction of sp³-hybridized carbons (Fsp3) is 0.294. The summed E-state index contributed by atoms with van der Waals surface area (Å²) in [6, 6.07) is 5.88. The lowest BCUT2D eigenvalue weighted by molar-refractivity contribution is -0.386. The number of hydrogen-bond donors (Lipinski definition) is 2. The van der Waals surface area contributed by atoms with Crippen molar-refractivity contribution in [3.63, 3.8) is 0 Å². The summed E-state index contributed by atoms with van der Waals surface area (Å²) in [6.07, 6.45) is 1.39. The smallest absolute Gasteiger partial charge is 0.312 e. The number of nitrogens with one attached hydrogen (secondary N) is 1. The molecule has 0 aliphatic heterocycles. The minimum atomic E-state index is -0.796. The van der Waals surface area contributed by atoms with Crippen LogP contribution in [-0.4, -0.2) is 39.3 Å². The third-order valence-electron chi connectivity index (χ3n) is 3.84. The Balaban J connectivity index is 2.04. The standard InChI is InChI=1S/C17H20N6O5/c1-10-16(23(26)27)11(2)22(21-10)12(3)17(25)20-19-8-13-5-4-6-14(7-13)28-9-15(18)24/h4-8,12H,9H2,1-3H3,(H2,18,24)(H,20,25)/b19-8+. The molecule has 1 heterocycles. The summed E-state index contributed by atoms with van der Waals surface area (Å²) in [4.78, 5) is 33.6. The molecule has 0 spiro atoms. The zero-order valence-corrected chi connectivity index (χ0v) is 15.6. The van der Waals surface area contributed by atoms with Gasteiger partial charge in [0.2, 0.25) is 0 Å². The van der Waals surface area contributed by atoms with Gasteiger partial charge >= 0.3 is 5.69 Å². The molecular formula is C17H20N6O5. The van der Waals surface area contributed by atoms with Crippen LogP contribution in [0.15, 0.2) is 29.4 Å². The molecule has 0 saturated heterocycles. The van der Waals surface area contributed by atoms with Crippen LogP contribution in [0.4, 0.5) is 5.69 Å². The first-order valence-corrected chi connectivity index (χ1v) is 8.25. The van der Waals surface area contributed by atoms with Crippen molar-refractivity contribution in [1.82, 2.24) is 15.2 Å². The fourth-order valence-electron chi connectivity index (χ4n) is 2.51. The number of rotatable bonds is 8. The molecule has 1 atom stereocenters. The lowest BCUT2D eigenvalue weighted by Crippen LogP contribution is -2.28. The summed E-state index contributed by atoms with van der Waals surface area (Å²) in [5, 5.41) is 19.0. The number of carbonyl (C=O) groups excluding carboxylic acids is 2. The van der Waals surface area contributed by atoms with Crippen molar-refractivity contribution in [3.8, 4) is 5.75 Å². The number of nitrogens with two attached hydrogens (primary N) is 1. The molecule has 0 aliphatic carbocycles. The Labute approximate surface area is 160 Å². The monoisotopic (exact) mass is 388 g/mol.